The van der Waals surface area contributed by atoms with E-state index in [9.17, 15) is 0 Å². The molecule has 0 nitrogen and oxygen atoms in total. The first-order chi connectivity index (χ1) is 2.94. The van der Waals surface area contributed by atoms with Gasteiger partial charge >= 0.3 is 0 Å². The third kappa shape index (κ3) is 4.00. The summed E-state index contributed by atoms with van der Waals surface area (Å²) in [5.74, 6) is 0. The average molecular weight is 324 g/mol. The summed E-state index contributed by atoms with van der Waals surface area (Å²) in [7, 11) is 0. The van der Waals surface area contributed by atoms with Gasteiger partial charge in [0.2, 0.25) is 0 Å². The van der Waals surface area contributed by atoms with Gasteiger partial charge in [0.25, 0.3) is 0 Å². The van der Waals surface area contributed by atoms with Gasteiger partial charge in [-0.3, -0.25) is 0 Å². The maximum atomic E-state index is 2.44. The first kappa shape index (κ1) is 8.46. The number of alkyl halides is 2. The smallest absolute Gasteiger partial charge is 0.0674 e. The van der Waals surface area contributed by atoms with Crippen molar-refractivity contribution >= 4 is 45.2 Å². The van der Waals surface area contributed by atoms with Crippen molar-refractivity contribution in [3.05, 3.63) is 0 Å². The number of hydrogen-bond donors (Lipinski definition) is 0. The van der Waals surface area contributed by atoms with E-state index in [0.717, 1.165) is 1.93 Å². The second kappa shape index (κ2) is 2.85. The van der Waals surface area contributed by atoms with Crippen molar-refractivity contribution in [1.82, 2.24) is 0 Å². The van der Waals surface area contributed by atoms with E-state index in [1.165, 1.54) is 0 Å². The van der Waals surface area contributed by atoms with E-state index in [1.807, 2.05) is 0 Å². The topological polar surface area (TPSA) is 0 Å². The van der Waals surface area contributed by atoms with Gasteiger partial charge in [-0.2, -0.15) is 0 Å². The Bertz CT molecular complexity index is 51.6. The van der Waals surface area contributed by atoms with Crippen LogP contribution in [0.2, 0.25) is 0 Å². The molecule has 0 bridgehead atoms. The summed E-state index contributed by atoms with van der Waals surface area (Å²) in [5.41, 5.74) is 0.473. The summed E-state index contributed by atoms with van der Waals surface area (Å²) in [6.07, 6.45) is 0. The molecule has 0 saturated heterocycles. The standard InChI is InChI=1S/C5H10I2/c1-5(2,3)4(6)7/h4H,1-3H3. The van der Waals surface area contributed by atoms with E-state index < -0.39 is 0 Å². The van der Waals surface area contributed by atoms with Crippen LogP contribution in [0.15, 0.2) is 0 Å². The molecule has 0 aliphatic rings. The van der Waals surface area contributed by atoms with Gasteiger partial charge in [0.15, 0.2) is 0 Å². The Kier molecular flexibility index (Phi) is 3.44. The lowest BCUT2D eigenvalue weighted by molar-refractivity contribution is 0.479. The SMILES string of the molecule is CC(C)(C)C(I)I. The Balaban J connectivity index is 3.54. The molecule has 0 unspecified atom stereocenters. The van der Waals surface area contributed by atoms with Crippen LogP contribution in [0.4, 0.5) is 0 Å². The summed E-state index contributed by atoms with van der Waals surface area (Å²) in [4.78, 5) is 0. The van der Waals surface area contributed by atoms with Crippen molar-refractivity contribution in [1.29, 1.82) is 0 Å². The molecule has 0 aliphatic carbocycles. The minimum atomic E-state index is 0.473. The monoisotopic (exact) mass is 324 g/mol. The lowest BCUT2D eigenvalue weighted by Crippen LogP contribution is -2.12. The second-order valence-electron chi connectivity index (χ2n) is 2.67. The lowest BCUT2D eigenvalue weighted by Gasteiger charge is -2.19. The highest BCUT2D eigenvalue weighted by molar-refractivity contribution is 14.2. The summed E-state index contributed by atoms with van der Waals surface area (Å²) in [5, 5.41) is 0. The van der Waals surface area contributed by atoms with Crippen LogP contribution in [-0.4, -0.2) is 1.93 Å². The number of halogens is 2. The molecular weight excluding hydrogens is 314 g/mol. The zero-order valence-corrected chi connectivity index (χ0v) is 9.15. The van der Waals surface area contributed by atoms with Crippen LogP contribution in [0, 0.1) is 5.41 Å². The highest BCUT2D eigenvalue weighted by Gasteiger charge is 2.17. The molecule has 0 radical (unpaired) electrons. The fourth-order valence-corrected chi connectivity index (χ4v) is 0. The molecule has 0 aromatic heterocycles. The Morgan fingerprint density at radius 1 is 1.14 bits per heavy atom. The zero-order valence-electron chi connectivity index (χ0n) is 4.83. The van der Waals surface area contributed by atoms with Crippen molar-refractivity contribution in [3.63, 3.8) is 0 Å². The number of hydrogen-bond acceptors (Lipinski definition) is 0. The Labute approximate surface area is 72.7 Å². The van der Waals surface area contributed by atoms with Crippen molar-refractivity contribution in [3.8, 4) is 0 Å². The van der Waals surface area contributed by atoms with Crippen molar-refractivity contribution in [2.75, 3.05) is 0 Å². The molecule has 44 valence electrons. The van der Waals surface area contributed by atoms with Crippen LogP contribution in [0.3, 0.4) is 0 Å². The molecule has 0 atom stereocenters. The van der Waals surface area contributed by atoms with E-state index in [0.29, 0.717) is 5.41 Å². The first-order valence-corrected chi connectivity index (χ1v) is 4.72. The van der Waals surface area contributed by atoms with E-state index >= 15 is 0 Å². The molecule has 2 heteroatoms. The highest BCUT2D eigenvalue weighted by Crippen LogP contribution is 2.31. The van der Waals surface area contributed by atoms with Crippen LogP contribution in [0.25, 0.3) is 0 Å². The maximum absolute atomic E-state index is 2.44. The van der Waals surface area contributed by atoms with Crippen molar-refractivity contribution < 1.29 is 0 Å². The first-order valence-electron chi connectivity index (χ1n) is 2.23. The third-order valence-corrected chi connectivity index (χ3v) is 4.39. The summed E-state index contributed by atoms with van der Waals surface area (Å²) >= 11 is 4.87. The Morgan fingerprint density at radius 3 is 1.29 bits per heavy atom. The van der Waals surface area contributed by atoms with E-state index in [-0.39, 0.29) is 0 Å². The third-order valence-electron chi connectivity index (χ3n) is 0.655. The molecule has 0 heterocycles. The molecule has 0 spiro atoms. The van der Waals surface area contributed by atoms with E-state index in [1.54, 1.807) is 0 Å². The molecule has 0 aliphatic heterocycles. The van der Waals surface area contributed by atoms with Gasteiger partial charge in [-0.15, -0.1) is 0 Å². The predicted octanol–water partition coefficient (Wildman–Crippen LogP) is 3.23. The molecule has 0 aromatic rings. The molecule has 7 heavy (non-hydrogen) atoms. The van der Waals surface area contributed by atoms with Gasteiger partial charge in [0, 0.05) is 0 Å². The van der Waals surface area contributed by atoms with Crippen LogP contribution in [0.1, 0.15) is 20.8 Å². The van der Waals surface area contributed by atoms with Gasteiger partial charge in [-0.1, -0.05) is 66.0 Å². The zero-order chi connectivity index (χ0) is 6.08. The Morgan fingerprint density at radius 2 is 1.29 bits per heavy atom. The van der Waals surface area contributed by atoms with Crippen LogP contribution in [-0.2, 0) is 0 Å². The lowest BCUT2D eigenvalue weighted by atomic mass is 10.0. The van der Waals surface area contributed by atoms with Gasteiger partial charge in [-0.25, -0.2) is 0 Å². The fourth-order valence-electron chi connectivity index (χ4n) is 0. The van der Waals surface area contributed by atoms with Gasteiger partial charge < -0.3 is 0 Å². The quantitative estimate of drug-likeness (QED) is 0.474. The largest absolute Gasteiger partial charge is 0.0704 e. The molecule has 0 saturated carbocycles. The van der Waals surface area contributed by atoms with Gasteiger partial charge in [0.1, 0.15) is 0 Å². The maximum Gasteiger partial charge on any atom is 0.0674 e. The summed E-state index contributed by atoms with van der Waals surface area (Å²) < 4.78 is 0.739. The minimum Gasteiger partial charge on any atom is -0.0704 e. The van der Waals surface area contributed by atoms with Crippen LogP contribution < -0.4 is 0 Å². The normalized spacial score (nSPS) is 12.9. The van der Waals surface area contributed by atoms with E-state index in [4.69, 9.17) is 0 Å². The predicted molar refractivity (Wildman–Crippen MR) is 51.3 cm³/mol. The van der Waals surface area contributed by atoms with Crippen molar-refractivity contribution in [2.24, 2.45) is 5.41 Å². The molecule has 0 rings (SSSR count). The highest BCUT2D eigenvalue weighted by atomic mass is 127. The minimum absolute atomic E-state index is 0.473. The van der Waals surface area contributed by atoms with Crippen molar-refractivity contribution in [2.45, 2.75) is 22.7 Å². The van der Waals surface area contributed by atoms with Crippen LogP contribution >= 0.6 is 45.2 Å². The summed E-state index contributed by atoms with van der Waals surface area (Å²) in [6, 6.07) is 0. The molecule has 0 fully saturated rings. The average Bonchev–Trinajstić information content (AvgIpc) is 1.31. The van der Waals surface area contributed by atoms with Gasteiger partial charge in [0.05, 0.1) is 1.93 Å². The summed E-state index contributed by atoms with van der Waals surface area (Å²) in [6.45, 7) is 6.74. The molecule has 0 aromatic carbocycles. The fraction of sp³-hybridized carbons (Fsp3) is 1.00. The van der Waals surface area contributed by atoms with Gasteiger partial charge in [-0.05, 0) is 5.41 Å². The Hall–Kier alpha value is 1.46. The number of rotatable bonds is 0. The molecule has 0 amide bonds. The second-order valence-corrected chi connectivity index (χ2v) is 7.54. The molecule has 0 N–H and O–H groups in total. The molecular formula is C5H10I2. The van der Waals surface area contributed by atoms with Crippen LogP contribution in [0.5, 0.6) is 0 Å². The van der Waals surface area contributed by atoms with E-state index in [2.05, 4.69) is 66.0 Å².